The molecule has 0 radical (unpaired) electrons. The van der Waals surface area contributed by atoms with Gasteiger partial charge in [0.2, 0.25) is 0 Å². The molecule has 0 heterocycles. The molecular weight excluding hydrogens is 230 g/mol. The molecule has 4 heteroatoms. The van der Waals surface area contributed by atoms with Crippen LogP contribution < -0.4 is 10.1 Å². The van der Waals surface area contributed by atoms with Crippen LogP contribution in [0.15, 0.2) is 24.3 Å². The zero-order chi connectivity index (χ0) is 13.5. The minimum Gasteiger partial charge on any atom is -0.484 e. The first-order valence-electron chi connectivity index (χ1n) is 6.16. The van der Waals surface area contributed by atoms with Gasteiger partial charge >= 0.3 is 0 Å². The summed E-state index contributed by atoms with van der Waals surface area (Å²) in [5, 5.41) is 11.4. The standard InChI is InChI=1S/C14H21NO3/c1-10(2)12-5-4-6-13(7-12)18-9-14(17)15-11(3)8-16/h4-7,10-11,16H,8-9H2,1-3H3,(H,15,17)/t11-/m0/s1. The van der Waals surface area contributed by atoms with Gasteiger partial charge in [-0.2, -0.15) is 0 Å². The normalized spacial score (nSPS) is 12.3. The van der Waals surface area contributed by atoms with Crippen molar-refractivity contribution in [1.29, 1.82) is 0 Å². The van der Waals surface area contributed by atoms with Gasteiger partial charge in [0.1, 0.15) is 5.75 Å². The van der Waals surface area contributed by atoms with Crippen molar-refractivity contribution in [3.8, 4) is 5.75 Å². The molecule has 0 aliphatic heterocycles. The summed E-state index contributed by atoms with van der Waals surface area (Å²) in [5.41, 5.74) is 1.18. The third-order valence-corrected chi connectivity index (χ3v) is 2.58. The summed E-state index contributed by atoms with van der Waals surface area (Å²) in [5.74, 6) is 0.885. The van der Waals surface area contributed by atoms with E-state index in [4.69, 9.17) is 9.84 Å². The molecule has 0 aliphatic carbocycles. The van der Waals surface area contributed by atoms with Crippen LogP contribution in [-0.4, -0.2) is 30.3 Å². The van der Waals surface area contributed by atoms with E-state index in [2.05, 4.69) is 19.2 Å². The summed E-state index contributed by atoms with van der Waals surface area (Å²) in [6.07, 6.45) is 0. The largest absolute Gasteiger partial charge is 0.484 e. The predicted molar refractivity (Wildman–Crippen MR) is 70.7 cm³/mol. The van der Waals surface area contributed by atoms with E-state index in [9.17, 15) is 4.79 Å². The van der Waals surface area contributed by atoms with Crippen molar-refractivity contribution in [2.45, 2.75) is 32.7 Å². The smallest absolute Gasteiger partial charge is 0.258 e. The van der Waals surface area contributed by atoms with E-state index in [-0.39, 0.29) is 25.2 Å². The van der Waals surface area contributed by atoms with Crippen LogP contribution in [0.5, 0.6) is 5.75 Å². The van der Waals surface area contributed by atoms with Gasteiger partial charge in [0.05, 0.1) is 6.61 Å². The van der Waals surface area contributed by atoms with Gasteiger partial charge < -0.3 is 15.2 Å². The van der Waals surface area contributed by atoms with Gasteiger partial charge in [-0.25, -0.2) is 0 Å². The van der Waals surface area contributed by atoms with Gasteiger partial charge in [-0.3, -0.25) is 4.79 Å². The van der Waals surface area contributed by atoms with Gasteiger partial charge in [0, 0.05) is 6.04 Å². The summed E-state index contributed by atoms with van der Waals surface area (Å²) < 4.78 is 5.41. The van der Waals surface area contributed by atoms with Crippen LogP contribution in [0, 0.1) is 0 Å². The lowest BCUT2D eigenvalue weighted by Crippen LogP contribution is -2.38. The number of rotatable bonds is 6. The Balaban J connectivity index is 2.48. The molecule has 1 rings (SSSR count). The fourth-order valence-corrected chi connectivity index (χ4v) is 1.47. The number of ether oxygens (including phenoxy) is 1. The highest BCUT2D eigenvalue weighted by Crippen LogP contribution is 2.19. The number of nitrogens with one attached hydrogen (secondary N) is 1. The summed E-state index contributed by atoms with van der Waals surface area (Å²) in [6, 6.07) is 7.47. The van der Waals surface area contributed by atoms with Crippen molar-refractivity contribution in [3.63, 3.8) is 0 Å². The molecule has 1 aromatic carbocycles. The third kappa shape index (κ3) is 4.75. The van der Waals surface area contributed by atoms with Crippen molar-refractivity contribution in [2.24, 2.45) is 0 Å². The number of hydrogen-bond acceptors (Lipinski definition) is 3. The molecule has 0 unspecified atom stereocenters. The van der Waals surface area contributed by atoms with Crippen molar-refractivity contribution < 1.29 is 14.6 Å². The lowest BCUT2D eigenvalue weighted by molar-refractivity contribution is -0.123. The molecule has 1 atom stereocenters. The van der Waals surface area contributed by atoms with E-state index < -0.39 is 0 Å². The Labute approximate surface area is 108 Å². The second-order valence-corrected chi connectivity index (χ2v) is 4.67. The Morgan fingerprint density at radius 2 is 2.11 bits per heavy atom. The Morgan fingerprint density at radius 3 is 2.72 bits per heavy atom. The quantitative estimate of drug-likeness (QED) is 0.809. The maximum atomic E-state index is 11.5. The molecule has 0 aliphatic rings. The molecule has 0 saturated heterocycles. The van der Waals surface area contributed by atoms with E-state index in [0.717, 1.165) is 0 Å². The minimum atomic E-state index is -0.247. The van der Waals surface area contributed by atoms with Crippen molar-refractivity contribution in [3.05, 3.63) is 29.8 Å². The lowest BCUT2D eigenvalue weighted by atomic mass is 10.0. The average molecular weight is 251 g/mol. The highest BCUT2D eigenvalue weighted by atomic mass is 16.5. The second kappa shape index (κ2) is 7.01. The number of aliphatic hydroxyl groups excluding tert-OH is 1. The molecule has 2 N–H and O–H groups in total. The zero-order valence-corrected chi connectivity index (χ0v) is 11.1. The Kier molecular flexibility index (Phi) is 5.65. The molecule has 0 bridgehead atoms. The van der Waals surface area contributed by atoms with Crippen molar-refractivity contribution in [1.82, 2.24) is 5.32 Å². The van der Waals surface area contributed by atoms with Crippen molar-refractivity contribution in [2.75, 3.05) is 13.2 Å². The molecule has 0 aromatic heterocycles. The lowest BCUT2D eigenvalue weighted by Gasteiger charge is -2.12. The van der Waals surface area contributed by atoms with Gasteiger partial charge in [0.25, 0.3) is 5.91 Å². The summed E-state index contributed by atoms with van der Waals surface area (Å²) in [7, 11) is 0. The average Bonchev–Trinajstić information content (AvgIpc) is 2.36. The Morgan fingerprint density at radius 1 is 1.39 bits per heavy atom. The molecule has 0 fully saturated rings. The molecule has 0 spiro atoms. The highest BCUT2D eigenvalue weighted by molar-refractivity contribution is 5.77. The van der Waals surface area contributed by atoms with E-state index in [1.165, 1.54) is 5.56 Å². The predicted octanol–water partition coefficient (Wildman–Crippen LogP) is 1.69. The first-order chi connectivity index (χ1) is 8.52. The molecular formula is C14H21NO3. The molecule has 1 amide bonds. The van der Waals surface area contributed by atoms with E-state index in [1.54, 1.807) is 6.92 Å². The highest BCUT2D eigenvalue weighted by Gasteiger charge is 2.07. The number of benzene rings is 1. The van der Waals surface area contributed by atoms with E-state index in [0.29, 0.717) is 11.7 Å². The van der Waals surface area contributed by atoms with Crippen LogP contribution in [0.3, 0.4) is 0 Å². The molecule has 1 aromatic rings. The van der Waals surface area contributed by atoms with Crippen LogP contribution in [0.25, 0.3) is 0 Å². The van der Waals surface area contributed by atoms with Crippen LogP contribution >= 0.6 is 0 Å². The first kappa shape index (κ1) is 14.5. The van der Waals surface area contributed by atoms with Crippen LogP contribution in [0.4, 0.5) is 0 Å². The van der Waals surface area contributed by atoms with Crippen LogP contribution in [0.2, 0.25) is 0 Å². The molecule has 4 nitrogen and oxygen atoms in total. The molecule has 0 saturated carbocycles. The zero-order valence-electron chi connectivity index (χ0n) is 11.1. The molecule has 100 valence electrons. The number of amides is 1. The number of hydrogen-bond donors (Lipinski definition) is 2. The number of carbonyl (C=O) groups excluding carboxylic acids is 1. The minimum absolute atomic E-state index is 0.0358. The van der Waals surface area contributed by atoms with Gasteiger partial charge in [-0.1, -0.05) is 26.0 Å². The summed E-state index contributed by atoms with van der Waals surface area (Å²) >= 11 is 0. The number of carbonyl (C=O) groups is 1. The van der Waals surface area contributed by atoms with Gasteiger partial charge in [-0.15, -0.1) is 0 Å². The number of aliphatic hydroxyl groups is 1. The van der Waals surface area contributed by atoms with E-state index in [1.807, 2.05) is 24.3 Å². The van der Waals surface area contributed by atoms with Crippen molar-refractivity contribution >= 4 is 5.91 Å². The Hall–Kier alpha value is -1.55. The third-order valence-electron chi connectivity index (χ3n) is 2.58. The SMILES string of the molecule is CC(C)c1cccc(OCC(=O)N[C@@H](C)CO)c1. The maximum Gasteiger partial charge on any atom is 0.258 e. The van der Waals surface area contributed by atoms with Gasteiger partial charge in [0.15, 0.2) is 6.61 Å². The molecule has 18 heavy (non-hydrogen) atoms. The Bertz CT molecular complexity index is 390. The summed E-state index contributed by atoms with van der Waals surface area (Å²) in [4.78, 5) is 11.5. The maximum absolute atomic E-state index is 11.5. The fraction of sp³-hybridized carbons (Fsp3) is 0.500. The summed E-state index contributed by atoms with van der Waals surface area (Å²) in [6.45, 7) is 5.83. The van der Waals surface area contributed by atoms with Crippen LogP contribution in [-0.2, 0) is 4.79 Å². The first-order valence-corrected chi connectivity index (χ1v) is 6.16. The topological polar surface area (TPSA) is 58.6 Å². The van der Waals surface area contributed by atoms with E-state index >= 15 is 0 Å². The monoisotopic (exact) mass is 251 g/mol. The van der Waals surface area contributed by atoms with Crippen LogP contribution in [0.1, 0.15) is 32.3 Å². The fourth-order valence-electron chi connectivity index (χ4n) is 1.47. The second-order valence-electron chi connectivity index (χ2n) is 4.67. The van der Waals surface area contributed by atoms with Gasteiger partial charge in [-0.05, 0) is 30.5 Å².